The molecule has 0 N–H and O–H groups in total. The van der Waals surface area contributed by atoms with Gasteiger partial charge in [0.1, 0.15) is 22.8 Å². The van der Waals surface area contributed by atoms with E-state index in [0.29, 0.717) is 0 Å². The summed E-state index contributed by atoms with van der Waals surface area (Å²) in [5.41, 5.74) is 0.896. The van der Waals surface area contributed by atoms with Gasteiger partial charge in [-0.2, -0.15) is 0 Å². The molecule has 4 rings (SSSR count). The lowest BCUT2D eigenvalue weighted by molar-refractivity contribution is 0.395. The van der Waals surface area contributed by atoms with Crippen molar-refractivity contribution in [2.24, 2.45) is 0 Å². The fraction of sp³-hybridized carbons (Fsp3) is 0.105. The predicted molar refractivity (Wildman–Crippen MR) is 87.4 cm³/mol. The first-order valence-electron chi connectivity index (χ1n) is 7.39. The zero-order valence-corrected chi connectivity index (χ0v) is 12.2. The lowest BCUT2D eigenvalue weighted by Crippen LogP contribution is -1.87. The van der Waals surface area contributed by atoms with E-state index in [0.717, 1.165) is 45.4 Å². The van der Waals surface area contributed by atoms with E-state index in [1.165, 1.54) is 0 Å². The van der Waals surface area contributed by atoms with Gasteiger partial charge in [-0.25, -0.2) is 0 Å². The molecular weight excluding hydrogens is 274 g/mol. The van der Waals surface area contributed by atoms with E-state index in [1.807, 2.05) is 54.6 Å². The number of nitrogens with zero attached hydrogens (tertiary/aromatic N) is 1. The van der Waals surface area contributed by atoms with Gasteiger partial charge in [0.05, 0.1) is 0 Å². The molecule has 108 valence electrons. The molecular formula is C19H15NO2. The molecule has 1 heterocycles. The first kappa shape index (κ1) is 12.9. The van der Waals surface area contributed by atoms with Crippen molar-refractivity contribution < 1.29 is 9.26 Å². The number of hydrogen-bond donors (Lipinski definition) is 0. The maximum absolute atomic E-state index is 6.10. The number of aryl methyl sites for hydroxylation is 1. The summed E-state index contributed by atoms with van der Waals surface area (Å²) >= 11 is 0. The van der Waals surface area contributed by atoms with E-state index in [2.05, 4.69) is 18.1 Å². The molecule has 0 bridgehead atoms. The second-order valence-electron chi connectivity index (χ2n) is 5.19. The van der Waals surface area contributed by atoms with Gasteiger partial charge in [0.25, 0.3) is 0 Å². The predicted octanol–water partition coefficient (Wildman–Crippen LogP) is 5.34. The lowest BCUT2D eigenvalue weighted by Gasteiger charge is -2.09. The molecule has 3 heteroatoms. The van der Waals surface area contributed by atoms with Gasteiger partial charge in [-0.15, -0.1) is 0 Å². The molecule has 0 fully saturated rings. The van der Waals surface area contributed by atoms with Gasteiger partial charge < -0.3 is 9.26 Å². The van der Waals surface area contributed by atoms with E-state index in [-0.39, 0.29) is 0 Å². The summed E-state index contributed by atoms with van der Waals surface area (Å²) in [6.07, 6.45) is 0.805. The molecule has 1 aromatic heterocycles. The van der Waals surface area contributed by atoms with Crippen molar-refractivity contribution in [3.63, 3.8) is 0 Å². The molecule has 0 unspecified atom stereocenters. The Bertz CT molecular complexity index is 942. The lowest BCUT2D eigenvalue weighted by atomic mass is 10.0. The van der Waals surface area contributed by atoms with Crippen LogP contribution in [0.1, 0.15) is 12.7 Å². The number of rotatable bonds is 3. The normalized spacial score (nSPS) is 11.1. The molecule has 0 aliphatic carbocycles. The largest absolute Gasteiger partial charge is 0.457 e. The maximum atomic E-state index is 6.10. The van der Waals surface area contributed by atoms with Crippen molar-refractivity contribution in [2.45, 2.75) is 13.3 Å². The molecule has 3 nitrogen and oxygen atoms in total. The number of ether oxygens (including phenoxy) is 1. The third-order valence-corrected chi connectivity index (χ3v) is 3.82. The minimum Gasteiger partial charge on any atom is -0.457 e. The second kappa shape index (κ2) is 5.19. The standard InChI is InChI=1S/C19H15NO2/c1-2-17-16-12-18(21-13-8-4-3-5-9-13)14-10-6-7-11-15(14)19(16)20-22-17/h3-12H,2H2,1H3. The zero-order chi connectivity index (χ0) is 14.9. The van der Waals surface area contributed by atoms with Crippen LogP contribution in [0.15, 0.2) is 65.2 Å². The molecule has 4 aromatic rings. The Labute approximate surface area is 128 Å². The summed E-state index contributed by atoms with van der Waals surface area (Å²) in [6.45, 7) is 2.06. The fourth-order valence-corrected chi connectivity index (χ4v) is 2.74. The van der Waals surface area contributed by atoms with Gasteiger partial charge in [-0.3, -0.25) is 0 Å². The monoisotopic (exact) mass is 289 g/mol. The van der Waals surface area contributed by atoms with Crippen LogP contribution in [-0.4, -0.2) is 5.16 Å². The molecule has 0 saturated heterocycles. The first-order valence-corrected chi connectivity index (χ1v) is 7.39. The van der Waals surface area contributed by atoms with Crippen LogP contribution in [0, 0.1) is 0 Å². The van der Waals surface area contributed by atoms with Crippen LogP contribution in [0.5, 0.6) is 11.5 Å². The smallest absolute Gasteiger partial charge is 0.144 e. The SMILES string of the molecule is CCc1onc2c1cc(Oc1ccccc1)c1ccccc12. The number of para-hydroxylation sites is 1. The summed E-state index contributed by atoms with van der Waals surface area (Å²) in [4.78, 5) is 0. The van der Waals surface area contributed by atoms with Gasteiger partial charge in [0.15, 0.2) is 0 Å². The number of benzene rings is 3. The van der Waals surface area contributed by atoms with E-state index < -0.39 is 0 Å². The number of fused-ring (bicyclic) bond motifs is 3. The molecule has 0 aliphatic rings. The highest BCUT2D eigenvalue weighted by atomic mass is 16.5. The Morgan fingerprint density at radius 3 is 2.41 bits per heavy atom. The molecule has 0 atom stereocenters. The average Bonchev–Trinajstić information content (AvgIpc) is 2.99. The molecule has 0 saturated carbocycles. The first-order chi connectivity index (χ1) is 10.9. The van der Waals surface area contributed by atoms with E-state index in [4.69, 9.17) is 9.26 Å². The van der Waals surface area contributed by atoms with Gasteiger partial charge in [0, 0.05) is 22.6 Å². The fourth-order valence-electron chi connectivity index (χ4n) is 2.74. The zero-order valence-electron chi connectivity index (χ0n) is 12.2. The van der Waals surface area contributed by atoms with Gasteiger partial charge in [-0.05, 0) is 18.2 Å². The van der Waals surface area contributed by atoms with Gasteiger partial charge in [0.2, 0.25) is 0 Å². The molecule has 0 radical (unpaired) electrons. The maximum Gasteiger partial charge on any atom is 0.144 e. The van der Waals surface area contributed by atoms with E-state index in [9.17, 15) is 0 Å². The molecule has 3 aromatic carbocycles. The van der Waals surface area contributed by atoms with E-state index >= 15 is 0 Å². The van der Waals surface area contributed by atoms with Crippen LogP contribution in [0.2, 0.25) is 0 Å². The van der Waals surface area contributed by atoms with Crippen molar-refractivity contribution in [3.8, 4) is 11.5 Å². The number of hydrogen-bond acceptors (Lipinski definition) is 3. The topological polar surface area (TPSA) is 35.3 Å². The summed E-state index contributed by atoms with van der Waals surface area (Å²) in [7, 11) is 0. The van der Waals surface area contributed by atoms with Gasteiger partial charge >= 0.3 is 0 Å². The van der Waals surface area contributed by atoms with E-state index in [1.54, 1.807) is 0 Å². The number of aromatic nitrogens is 1. The Balaban J connectivity index is 1.98. The summed E-state index contributed by atoms with van der Waals surface area (Å²) < 4.78 is 11.6. The molecule has 0 spiro atoms. The highest BCUT2D eigenvalue weighted by Gasteiger charge is 2.14. The highest BCUT2D eigenvalue weighted by Crippen LogP contribution is 2.36. The van der Waals surface area contributed by atoms with Crippen molar-refractivity contribution >= 4 is 21.7 Å². The van der Waals surface area contributed by atoms with Crippen LogP contribution >= 0.6 is 0 Å². The van der Waals surface area contributed by atoms with Crippen molar-refractivity contribution in [1.29, 1.82) is 0 Å². The summed E-state index contributed by atoms with van der Waals surface area (Å²) in [6, 6.07) is 20.0. The van der Waals surface area contributed by atoms with Crippen LogP contribution in [0.4, 0.5) is 0 Å². The van der Waals surface area contributed by atoms with Crippen LogP contribution in [0.25, 0.3) is 21.7 Å². The van der Waals surface area contributed by atoms with Crippen LogP contribution in [-0.2, 0) is 6.42 Å². The molecule has 0 aliphatic heterocycles. The third-order valence-electron chi connectivity index (χ3n) is 3.82. The van der Waals surface area contributed by atoms with Crippen molar-refractivity contribution in [1.82, 2.24) is 5.16 Å². The Morgan fingerprint density at radius 1 is 0.909 bits per heavy atom. The third kappa shape index (κ3) is 2.02. The minimum atomic E-state index is 0.805. The summed E-state index contributed by atoms with van der Waals surface area (Å²) in [5, 5.41) is 7.34. The second-order valence-corrected chi connectivity index (χ2v) is 5.19. The van der Waals surface area contributed by atoms with Crippen LogP contribution < -0.4 is 4.74 Å². The van der Waals surface area contributed by atoms with Crippen LogP contribution in [0.3, 0.4) is 0 Å². The Hall–Kier alpha value is -2.81. The summed E-state index contributed by atoms with van der Waals surface area (Å²) in [5.74, 6) is 2.53. The molecule has 0 amide bonds. The highest BCUT2D eigenvalue weighted by molar-refractivity contribution is 6.08. The van der Waals surface area contributed by atoms with Gasteiger partial charge in [-0.1, -0.05) is 54.5 Å². The molecule has 22 heavy (non-hydrogen) atoms. The quantitative estimate of drug-likeness (QED) is 0.511. The Morgan fingerprint density at radius 2 is 1.64 bits per heavy atom. The van der Waals surface area contributed by atoms with Crippen molar-refractivity contribution in [3.05, 3.63) is 66.4 Å². The minimum absolute atomic E-state index is 0.805. The average molecular weight is 289 g/mol. The van der Waals surface area contributed by atoms with Crippen molar-refractivity contribution in [2.75, 3.05) is 0 Å². The Kier molecular flexibility index (Phi) is 3.04.